The molecule has 2 aromatic rings. The van der Waals surface area contributed by atoms with Crippen molar-refractivity contribution in [2.45, 2.75) is 46.6 Å². The first-order valence-electron chi connectivity index (χ1n) is 7.01. The van der Waals surface area contributed by atoms with Gasteiger partial charge in [-0.15, -0.1) is 10.2 Å². The fraction of sp³-hybridized carbons (Fsp3) is 0.500. The molecule has 0 aliphatic carbocycles. The number of rotatable bonds is 4. The summed E-state index contributed by atoms with van der Waals surface area (Å²) in [6.45, 7) is 11.7. The minimum Gasteiger partial charge on any atom is -0.312 e. The molecule has 0 aliphatic heterocycles. The number of aryl methyl sites for hydroxylation is 1. The summed E-state index contributed by atoms with van der Waals surface area (Å²) in [6, 6.07) is 6.34. The van der Waals surface area contributed by atoms with Crippen molar-refractivity contribution in [1.82, 2.24) is 15.5 Å². The zero-order valence-electron chi connectivity index (χ0n) is 12.9. The van der Waals surface area contributed by atoms with E-state index in [-0.39, 0.29) is 5.54 Å². The van der Waals surface area contributed by atoms with Crippen LogP contribution in [0.1, 0.15) is 36.9 Å². The summed E-state index contributed by atoms with van der Waals surface area (Å²) in [5, 5.41) is 14.3. The molecular weight excluding hydrogens is 266 g/mol. The van der Waals surface area contributed by atoms with Gasteiger partial charge in [0.15, 0.2) is 0 Å². The van der Waals surface area contributed by atoms with Crippen LogP contribution in [0.3, 0.4) is 0 Å². The van der Waals surface area contributed by atoms with Crippen molar-refractivity contribution in [1.29, 1.82) is 0 Å². The molecule has 1 heterocycles. The van der Waals surface area contributed by atoms with Gasteiger partial charge in [-0.1, -0.05) is 29.5 Å². The molecule has 0 bridgehead atoms. The summed E-state index contributed by atoms with van der Waals surface area (Å²) in [4.78, 5) is 0. The fourth-order valence-electron chi connectivity index (χ4n) is 1.99. The molecule has 0 radical (unpaired) electrons. The Balaban J connectivity index is 2.07. The number of hydrogen-bond donors (Lipinski definition) is 1. The molecule has 0 amide bonds. The molecular formula is C16H23N3S. The van der Waals surface area contributed by atoms with E-state index in [0.29, 0.717) is 0 Å². The van der Waals surface area contributed by atoms with Gasteiger partial charge in [0, 0.05) is 24.1 Å². The van der Waals surface area contributed by atoms with Crippen molar-refractivity contribution in [2.75, 3.05) is 6.54 Å². The van der Waals surface area contributed by atoms with Gasteiger partial charge in [-0.05, 0) is 45.7 Å². The van der Waals surface area contributed by atoms with E-state index in [2.05, 4.69) is 68.3 Å². The molecule has 4 heteroatoms. The maximum absolute atomic E-state index is 4.34. The Bertz CT molecular complexity index is 582. The zero-order valence-corrected chi connectivity index (χ0v) is 13.8. The lowest BCUT2D eigenvalue weighted by Crippen LogP contribution is -2.37. The monoisotopic (exact) mass is 289 g/mol. The van der Waals surface area contributed by atoms with Gasteiger partial charge in [-0.3, -0.25) is 0 Å². The van der Waals surface area contributed by atoms with Crippen LogP contribution in [0.5, 0.6) is 0 Å². The van der Waals surface area contributed by atoms with Crippen LogP contribution in [0, 0.1) is 13.8 Å². The highest BCUT2D eigenvalue weighted by Gasteiger charge is 2.12. The van der Waals surface area contributed by atoms with Crippen LogP contribution in [0.4, 0.5) is 0 Å². The van der Waals surface area contributed by atoms with Gasteiger partial charge < -0.3 is 5.32 Å². The summed E-state index contributed by atoms with van der Waals surface area (Å²) in [5.41, 5.74) is 3.95. The average Bonchev–Trinajstić information content (AvgIpc) is 2.79. The highest BCUT2D eigenvalue weighted by molar-refractivity contribution is 7.14. The Morgan fingerprint density at radius 1 is 1.15 bits per heavy atom. The van der Waals surface area contributed by atoms with E-state index in [0.717, 1.165) is 23.0 Å². The van der Waals surface area contributed by atoms with Crippen LogP contribution in [0.25, 0.3) is 10.6 Å². The van der Waals surface area contributed by atoms with Gasteiger partial charge in [0.1, 0.15) is 10.0 Å². The molecule has 0 saturated heterocycles. The second-order valence-electron chi connectivity index (χ2n) is 6.18. The number of benzene rings is 1. The Labute approximate surface area is 125 Å². The lowest BCUT2D eigenvalue weighted by molar-refractivity contribution is 0.429. The third kappa shape index (κ3) is 3.87. The lowest BCUT2D eigenvalue weighted by atomic mass is 10.0. The first kappa shape index (κ1) is 15.1. The summed E-state index contributed by atoms with van der Waals surface area (Å²) >= 11 is 1.70. The van der Waals surface area contributed by atoms with Gasteiger partial charge in [-0.2, -0.15) is 0 Å². The highest BCUT2D eigenvalue weighted by atomic mass is 32.1. The zero-order chi connectivity index (χ0) is 14.8. The van der Waals surface area contributed by atoms with E-state index in [4.69, 9.17) is 0 Å². The van der Waals surface area contributed by atoms with Gasteiger partial charge in [-0.25, -0.2) is 0 Å². The van der Waals surface area contributed by atoms with E-state index in [9.17, 15) is 0 Å². The van der Waals surface area contributed by atoms with E-state index >= 15 is 0 Å². The summed E-state index contributed by atoms with van der Waals surface area (Å²) in [7, 11) is 0. The summed E-state index contributed by atoms with van der Waals surface area (Å²) in [6.07, 6.45) is 0.930. The Morgan fingerprint density at radius 3 is 2.60 bits per heavy atom. The van der Waals surface area contributed by atoms with Crippen molar-refractivity contribution in [3.8, 4) is 10.6 Å². The highest BCUT2D eigenvalue weighted by Crippen LogP contribution is 2.28. The fourth-order valence-corrected chi connectivity index (χ4v) is 2.91. The smallest absolute Gasteiger partial charge is 0.148 e. The molecule has 0 atom stereocenters. The second-order valence-corrected chi connectivity index (χ2v) is 7.24. The van der Waals surface area contributed by atoms with Crippen LogP contribution in [-0.2, 0) is 6.42 Å². The predicted octanol–water partition coefficient (Wildman–Crippen LogP) is 3.75. The molecule has 2 rings (SSSR count). The minimum absolute atomic E-state index is 0.153. The Morgan fingerprint density at radius 2 is 1.90 bits per heavy atom. The van der Waals surface area contributed by atoms with Gasteiger partial charge >= 0.3 is 0 Å². The minimum atomic E-state index is 0.153. The maximum atomic E-state index is 4.34. The van der Waals surface area contributed by atoms with E-state index in [1.807, 2.05) is 0 Å². The normalized spacial score (nSPS) is 11.8. The molecule has 20 heavy (non-hydrogen) atoms. The van der Waals surface area contributed by atoms with E-state index in [1.54, 1.807) is 11.3 Å². The largest absolute Gasteiger partial charge is 0.312 e. The Hall–Kier alpha value is -1.26. The standard InChI is InChI=1S/C16H23N3S/c1-11-7-6-8-13(12(11)2)15-19-18-14(20-15)9-10-17-16(3,4)5/h6-8,17H,9-10H2,1-5H3. The SMILES string of the molecule is Cc1cccc(-c2nnc(CCNC(C)(C)C)s2)c1C. The quantitative estimate of drug-likeness (QED) is 0.931. The van der Waals surface area contributed by atoms with Crippen LogP contribution >= 0.6 is 11.3 Å². The third-order valence-electron chi connectivity index (χ3n) is 3.30. The van der Waals surface area contributed by atoms with Crippen molar-refractivity contribution >= 4 is 11.3 Å². The van der Waals surface area contributed by atoms with Crippen molar-refractivity contribution in [3.05, 3.63) is 34.3 Å². The molecule has 0 fully saturated rings. The van der Waals surface area contributed by atoms with Crippen LogP contribution in [0.2, 0.25) is 0 Å². The number of nitrogens with zero attached hydrogens (tertiary/aromatic N) is 2. The van der Waals surface area contributed by atoms with Crippen molar-refractivity contribution in [2.24, 2.45) is 0 Å². The maximum Gasteiger partial charge on any atom is 0.148 e. The van der Waals surface area contributed by atoms with Crippen molar-refractivity contribution in [3.63, 3.8) is 0 Å². The molecule has 1 aromatic carbocycles. The molecule has 1 aromatic heterocycles. The van der Waals surface area contributed by atoms with E-state index in [1.165, 1.54) is 16.7 Å². The first-order valence-corrected chi connectivity index (χ1v) is 7.82. The lowest BCUT2D eigenvalue weighted by Gasteiger charge is -2.19. The average molecular weight is 289 g/mol. The second kappa shape index (κ2) is 6.02. The predicted molar refractivity (Wildman–Crippen MR) is 86.3 cm³/mol. The topological polar surface area (TPSA) is 37.8 Å². The molecule has 0 saturated carbocycles. The molecule has 1 N–H and O–H groups in total. The molecule has 0 spiro atoms. The molecule has 0 unspecified atom stereocenters. The molecule has 3 nitrogen and oxygen atoms in total. The van der Waals surface area contributed by atoms with Gasteiger partial charge in [0.2, 0.25) is 0 Å². The van der Waals surface area contributed by atoms with Crippen LogP contribution in [0.15, 0.2) is 18.2 Å². The van der Waals surface area contributed by atoms with Crippen molar-refractivity contribution < 1.29 is 0 Å². The summed E-state index contributed by atoms with van der Waals surface area (Å²) < 4.78 is 0. The molecule has 108 valence electrons. The third-order valence-corrected chi connectivity index (χ3v) is 4.31. The number of hydrogen-bond acceptors (Lipinski definition) is 4. The van der Waals surface area contributed by atoms with Gasteiger partial charge in [0.05, 0.1) is 0 Å². The molecule has 0 aliphatic rings. The first-order chi connectivity index (χ1) is 9.37. The summed E-state index contributed by atoms with van der Waals surface area (Å²) in [5.74, 6) is 0. The number of nitrogens with one attached hydrogen (secondary N) is 1. The number of aromatic nitrogens is 2. The van der Waals surface area contributed by atoms with E-state index < -0.39 is 0 Å². The van der Waals surface area contributed by atoms with Crippen LogP contribution in [-0.4, -0.2) is 22.3 Å². The van der Waals surface area contributed by atoms with Crippen LogP contribution < -0.4 is 5.32 Å². The van der Waals surface area contributed by atoms with Gasteiger partial charge in [0.25, 0.3) is 0 Å². The Kier molecular flexibility index (Phi) is 4.55.